The molecule has 2 rings (SSSR count). The van der Waals surface area contributed by atoms with E-state index in [9.17, 15) is 0 Å². The standard InChI is InChI=1S/C19H30O2/c1-15-6-4-8-18(14-15)10-11-20-12-13-21-19-9-5-7-16(2)17(19)3/h5,7,9,15,18H,4,6,8,10-14H2,1-3H3/t15-,18+/m1/s1. The van der Waals surface area contributed by atoms with Gasteiger partial charge in [-0.05, 0) is 55.7 Å². The van der Waals surface area contributed by atoms with E-state index in [0.29, 0.717) is 13.2 Å². The van der Waals surface area contributed by atoms with Crippen molar-refractivity contribution in [1.29, 1.82) is 0 Å². The fourth-order valence-electron chi connectivity index (χ4n) is 3.27. The second-order valence-electron chi connectivity index (χ2n) is 6.59. The third-order valence-electron chi connectivity index (χ3n) is 4.76. The molecule has 2 nitrogen and oxygen atoms in total. The predicted molar refractivity (Wildman–Crippen MR) is 88.0 cm³/mol. The third-order valence-corrected chi connectivity index (χ3v) is 4.76. The van der Waals surface area contributed by atoms with Crippen LogP contribution in [0.2, 0.25) is 0 Å². The Labute approximate surface area is 129 Å². The predicted octanol–water partition coefficient (Wildman–Crippen LogP) is 4.92. The van der Waals surface area contributed by atoms with Crippen LogP contribution >= 0.6 is 0 Å². The summed E-state index contributed by atoms with van der Waals surface area (Å²) in [6.45, 7) is 8.82. The van der Waals surface area contributed by atoms with Gasteiger partial charge >= 0.3 is 0 Å². The summed E-state index contributed by atoms with van der Waals surface area (Å²) in [5.41, 5.74) is 2.51. The molecule has 1 aliphatic carbocycles. The Hall–Kier alpha value is -1.02. The lowest BCUT2D eigenvalue weighted by atomic mass is 9.81. The Morgan fingerprint density at radius 3 is 2.76 bits per heavy atom. The molecule has 0 saturated heterocycles. The van der Waals surface area contributed by atoms with E-state index in [2.05, 4.69) is 26.8 Å². The van der Waals surface area contributed by atoms with Gasteiger partial charge in [-0.25, -0.2) is 0 Å². The molecule has 0 amide bonds. The molecule has 1 aromatic rings. The van der Waals surface area contributed by atoms with E-state index >= 15 is 0 Å². The first kappa shape index (κ1) is 16.4. The van der Waals surface area contributed by atoms with Crippen LogP contribution in [-0.2, 0) is 4.74 Å². The van der Waals surface area contributed by atoms with Gasteiger partial charge in [-0.1, -0.05) is 38.3 Å². The molecule has 0 spiro atoms. The number of benzene rings is 1. The van der Waals surface area contributed by atoms with Gasteiger partial charge in [0.15, 0.2) is 0 Å². The topological polar surface area (TPSA) is 18.5 Å². The van der Waals surface area contributed by atoms with Crippen LogP contribution in [0, 0.1) is 25.7 Å². The van der Waals surface area contributed by atoms with Crippen LogP contribution in [0.4, 0.5) is 0 Å². The zero-order valence-corrected chi connectivity index (χ0v) is 13.9. The van der Waals surface area contributed by atoms with Gasteiger partial charge in [-0.15, -0.1) is 0 Å². The lowest BCUT2D eigenvalue weighted by Crippen LogP contribution is -2.16. The molecule has 0 N–H and O–H groups in total. The number of rotatable bonds is 7. The summed E-state index contributed by atoms with van der Waals surface area (Å²) in [7, 11) is 0. The molecule has 1 aliphatic rings. The van der Waals surface area contributed by atoms with Crippen LogP contribution in [-0.4, -0.2) is 19.8 Å². The van der Waals surface area contributed by atoms with E-state index in [1.165, 1.54) is 43.2 Å². The van der Waals surface area contributed by atoms with Gasteiger partial charge in [0.05, 0.1) is 6.61 Å². The Bertz CT molecular complexity index is 428. The van der Waals surface area contributed by atoms with Crippen LogP contribution in [0.1, 0.15) is 50.2 Å². The van der Waals surface area contributed by atoms with E-state index in [0.717, 1.165) is 24.2 Å². The highest BCUT2D eigenvalue weighted by Crippen LogP contribution is 2.30. The minimum Gasteiger partial charge on any atom is -0.491 e. The van der Waals surface area contributed by atoms with Crippen LogP contribution in [0.25, 0.3) is 0 Å². The zero-order valence-electron chi connectivity index (χ0n) is 13.9. The maximum absolute atomic E-state index is 5.80. The number of hydrogen-bond donors (Lipinski definition) is 0. The molecular weight excluding hydrogens is 260 g/mol. The fourth-order valence-corrected chi connectivity index (χ4v) is 3.27. The van der Waals surface area contributed by atoms with Crippen molar-refractivity contribution in [3.63, 3.8) is 0 Å². The molecule has 21 heavy (non-hydrogen) atoms. The van der Waals surface area contributed by atoms with Gasteiger partial charge < -0.3 is 9.47 Å². The molecule has 0 aromatic heterocycles. The van der Waals surface area contributed by atoms with E-state index < -0.39 is 0 Å². The number of aryl methyl sites for hydroxylation is 1. The zero-order chi connectivity index (χ0) is 15.1. The van der Waals surface area contributed by atoms with Gasteiger partial charge in [0, 0.05) is 6.61 Å². The normalized spacial score (nSPS) is 22.2. The van der Waals surface area contributed by atoms with E-state index in [1.807, 2.05) is 12.1 Å². The third kappa shape index (κ3) is 5.35. The second kappa shape index (κ2) is 8.43. The molecular formula is C19H30O2. The SMILES string of the molecule is Cc1cccc(OCCOCC[C@@H]2CCC[C@@H](C)C2)c1C. The van der Waals surface area contributed by atoms with Crippen molar-refractivity contribution < 1.29 is 9.47 Å². The molecule has 1 aromatic carbocycles. The lowest BCUT2D eigenvalue weighted by Gasteiger charge is -2.26. The number of hydrogen-bond acceptors (Lipinski definition) is 2. The first-order chi connectivity index (χ1) is 10.2. The van der Waals surface area contributed by atoms with E-state index in [1.54, 1.807) is 0 Å². The van der Waals surface area contributed by atoms with Crippen molar-refractivity contribution in [2.45, 2.75) is 52.9 Å². The van der Waals surface area contributed by atoms with Crippen molar-refractivity contribution in [3.05, 3.63) is 29.3 Å². The monoisotopic (exact) mass is 290 g/mol. The van der Waals surface area contributed by atoms with Crippen molar-refractivity contribution in [1.82, 2.24) is 0 Å². The minimum atomic E-state index is 0.644. The molecule has 0 heterocycles. The van der Waals surface area contributed by atoms with Gasteiger partial charge in [-0.2, -0.15) is 0 Å². The largest absolute Gasteiger partial charge is 0.491 e. The van der Waals surface area contributed by atoms with Crippen LogP contribution in [0.5, 0.6) is 5.75 Å². The molecule has 118 valence electrons. The van der Waals surface area contributed by atoms with Crippen LogP contribution < -0.4 is 4.74 Å². The number of ether oxygens (including phenoxy) is 2. The summed E-state index contributed by atoms with van der Waals surface area (Å²) in [6.07, 6.45) is 6.82. The van der Waals surface area contributed by atoms with Crippen LogP contribution in [0.15, 0.2) is 18.2 Å². The first-order valence-electron chi connectivity index (χ1n) is 8.43. The van der Waals surface area contributed by atoms with Crippen molar-refractivity contribution in [2.24, 2.45) is 11.8 Å². The molecule has 2 heteroatoms. The summed E-state index contributed by atoms with van der Waals surface area (Å²) in [6, 6.07) is 6.19. The Morgan fingerprint density at radius 1 is 1.10 bits per heavy atom. The van der Waals surface area contributed by atoms with E-state index in [-0.39, 0.29) is 0 Å². The molecule has 1 fully saturated rings. The molecule has 0 unspecified atom stereocenters. The molecule has 2 atom stereocenters. The maximum Gasteiger partial charge on any atom is 0.122 e. The van der Waals surface area contributed by atoms with Crippen LogP contribution in [0.3, 0.4) is 0 Å². The summed E-state index contributed by atoms with van der Waals surface area (Å²) in [5.74, 6) is 2.78. The molecule has 0 aliphatic heterocycles. The smallest absolute Gasteiger partial charge is 0.122 e. The highest BCUT2D eigenvalue weighted by molar-refractivity contribution is 5.38. The van der Waals surface area contributed by atoms with E-state index in [4.69, 9.17) is 9.47 Å². The summed E-state index contributed by atoms with van der Waals surface area (Å²) >= 11 is 0. The molecule has 0 bridgehead atoms. The summed E-state index contributed by atoms with van der Waals surface area (Å²) in [4.78, 5) is 0. The summed E-state index contributed by atoms with van der Waals surface area (Å²) in [5, 5.41) is 0. The average molecular weight is 290 g/mol. The average Bonchev–Trinajstić information content (AvgIpc) is 2.47. The fraction of sp³-hybridized carbons (Fsp3) is 0.684. The second-order valence-corrected chi connectivity index (χ2v) is 6.59. The first-order valence-corrected chi connectivity index (χ1v) is 8.43. The van der Waals surface area contributed by atoms with Gasteiger partial charge in [0.2, 0.25) is 0 Å². The van der Waals surface area contributed by atoms with Crippen molar-refractivity contribution in [2.75, 3.05) is 19.8 Å². The van der Waals surface area contributed by atoms with Crippen molar-refractivity contribution in [3.8, 4) is 5.75 Å². The minimum absolute atomic E-state index is 0.644. The lowest BCUT2D eigenvalue weighted by molar-refractivity contribution is 0.0831. The Morgan fingerprint density at radius 2 is 1.95 bits per heavy atom. The van der Waals surface area contributed by atoms with Gasteiger partial charge in [0.1, 0.15) is 12.4 Å². The Balaban J connectivity index is 1.57. The molecule has 0 radical (unpaired) electrons. The van der Waals surface area contributed by atoms with Gasteiger partial charge in [-0.3, -0.25) is 0 Å². The quantitative estimate of drug-likeness (QED) is 0.664. The Kier molecular flexibility index (Phi) is 6.56. The molecule has 1 saturated carbocycles. The highest BCUT2D eigenvalue weighted by atomic mass is 16.5. The highest BCUT2D eigenvalue weighted by Gasteiger charge is 2.18. The van der Waals surface area contributed by atoms with Crippen molar-refractivity contribution >= 4 is 0 Å². The van der Waals surface area contributed by atoms with Gasteiger partial charge in [0.25, 0.3) is 0 Å². The maximum atomic E-state index is 5.80. The summed E-state index contributed by atoms with van der Waals surface area (Å²) < 4.78 is 11.5.